The van der Waals surface area contributed by atoms with E-state index in [0.29, 0.717) is 13.2 Å². The van der Waals surface area contributed by atoms with Crippen molar-refractivity contribution in [3.05, 3.63) is 59.7 Å². The van der Waals surface area contributed by atoms with Crippen molar-refractivity contribution in [3.8, 4) is 11.5 Å². The molecule has 0 saturated heterocycles. The summed E-state index contributed by atoms with van der Waals surface area (Å²) >= 11 is 0. The predicted molar refractivity (Wildman–Crippen MR) is 83.9 cm³/mol. The maximum atomic E-state index is 12.2. The first kappa shape index (κ1) is 16.6. The van der Waals surface area contributed by atoms with Gasteiger partial charge in [0.1, 0.15) is 11.5 Å². The highest BCUT2D eigenvalue weighted by Crippen LogP contribution is 2.35. The average Bonchev–Trinajstić information content (AvgIpc) is 2.55. The van der Waals surface area contributed by atoms with Crippen LogP contribution in [0.2, 0.25) is 0 Å². The molecule has 2 aromatic carbocycles. The number of ether oxygens (including phenoxy) is 2. The van der Waals surface area contributed by atoms with Crippen LogP contribution in [0.25, 0.3) is 0 Å². The fourth-order valence-electron chi connectivity index (χ4n) is 2.98. The average molecular weight is 337 g/mol. The van der Waals surface area contributed by atoms with Crippen molar-refractivity contribution < 1.29 is 22.6 Å². The number of benzene rings is 2. The van der Waals surface area contributed by atoms with Crippen LogP contribution in [0.1, 0.15) is 23.6 Å². The van der Waals surface area contributed by atoms with Crippen LogP contribution in [0.5, 0.6) is 11.5 Å². The molecule has 0 aliphatic carbocycles. The molecule has 1 atom stereocenters. The van der Waals surface area contributed by atoms with E-state index in [2.05, 4.69) is 15.7 Å². The molecule has 1 aliphatic heterocycles. The molecule has 6 heteroatoms. The monoisotopic (exact) mass is 337 g/mol. The van der Waals surface area contributed by atoms with E-state index in [0.717, 1.165) is 23.3 Å². The van der Waals surface area contributed by atoms with Crippen molar-refractivity contribution in [3.63, 3.8) is 0 Å². The molecule has 24 heavy (non-hydrogen) atoms. The standard InChI is InChI=1S/C18H18F3NO2/c1-22(16-10-11-23-17-5-3-2-4-15(16)17)12-13-6-8-14(9-7-13)24-18(19,20)21/h2-9,16H,10-12H2,1H3. The second-order valence-corrected chi connectivity index (χ2v) is 5.80. The summed E-state index contributed by atoms with van der Waals surface area (Å²) in [5.41, 5.74) is 2.07. The number of hydrogen-bond acceptors (Lipinski definition) is 3. The molecule has 1 aliphatic rings. The number of rotatable bonds is 4. The van der Waals surface area contributed by atoms with Gasteiger partial charge < -0.3 is 9.47 Å². The Morgan fingerprint density at radius 3 is 2.54 bits per heavy atom. The Bertz CT molecular complexity index is 685. The van der Waals surface area contributed by atoms with Gasteiger partial charge in [0, 0.05) is 24.6 Å². The summed E-state index contributed by atoms with van der Waals surface area (Å²) < 4.78 is 46.1. The minimum absolute atomic E-state index is 0.203. The molecule has 0 bridgehead atoms. The van der Waals surface area contributed by atoms with Crippen molar-refractivity contribution >= 4 is 0 Å². The number of nitrogens with zero attached hydrogens (tertiary/aromatic N) is 1. The number of halogens is 3. The van der Waals surface area contributed by atoms with E-state index in [1.807, 2.05) is 25.2 Å². The lowest BCUT2D eigenvalue weighted by molar-refractivity contribution is -0.274. The smallest absolute Gasteiger partial charge is 0.493 e. The Balaban J connectivity index is 1.68. The van der Waals surface area contributed by atoms with E-state index >= 15 is 0 Å². The molecule has 0 spiro atoms. The molecule has 0 N–H and O–H groups in total. The van der Waals surface area contributed by atoms with Gasteiger partial charge in [-0.3, -0.25) is 4.90 Å². The molecular formula is C18H18F3NO2. The first-order valence-electron chi connectivity index (χ1n) is 7.69. The number of fused-ring (bicyclic) bond motifs is 1. The van der Waals surface area contributed by atoms with Crippen molar-refractivity contribution in [1.82, 2.24) is 4.90 Å². The Morgan fingerprint density at radius 2 is 1.83 bits per heavy atom. The van der Waals surface area contributed by atoms with Crippen molar-refractivity contribution in [2.45, 2.75) is 25.4 Å². The van der Waals surface area contributed by atoms with Gasteiger partial charge in [-0.15, -0.1) is 13.2 Å². The van der Waals surface area contributed by atoms with Gasteiger partial charge in [0.25, 0.3) is 0 Å². The van der Waals surface area contributed by atoms with Gasteiger partial charge >= 0.3 is 6.36 Å². The summed E-state index contributed by atoms with van der Waals surface area (Å²) in [5, 5.41) is 0. The largest absolute Gasteiger partial charge is 0.573 e. The number of para-hydroxylation sites is 1. The van der Waals surface area contributed by atoms with E-state index in [1.54, 1.807) is 12.1 Å². The lowest BCUT2D eigenvalue weighted by Crippen LogP contribution is -2.29. The van der Waals surface area contributed by atoms with Crippen LogP contribution in [0, 0.1) is 0 Å². The second kappa shape index (κ2) is 6.73. The van der Waals surface area contributed by atoms with Crippen LogP contribution in [0.4, 0.5) is 13.2 Å². The summed E-state index contributed by atoms with van der Waals surface area (Å²) in [7, 11) is 2.01. The van der Waals surface area contributed by atoms with E-state index in [4.69, 9.17) is 4.74 Å². The summed E-state index contributed by atoms with van der Waals surface area (Å²) in [6, 6.07) is 14.2. The first-order chi connectivity index (χ1) is 11.4. The molecule has 2 aromatic rings. The molecule has 1 heterocycles. The topological polar surface area (TPSA) is 21.7 Å². The molecule has 0 saturated carbocycles. The fraction of sp³-hybridized carbons (Fsp3) is 0.333. The van der Waals surface area contributed by atoms with Gasteiger partial charge in [-0.05, 0) is 30.8 Å². The molecule has 0 fully saturated rings. The highest BCUT2D eigenvalue weighted by molar-refractivity contribution is 5.37. The van der Waals surface area contributed by atoms with Crippen LogP contribution >= 0.6 is 0 Å². The normalized spacial score (nSPS) is 17.3. The highest BCUT2D eigenvalue weighted by Gasteiger charge is 2.31. The Kier molecular flexibility index (Phi) is 4.66. The molecule has 3 rings (SSSR count). The van der Waals surface area contributed by atoms with Crippen molar-refractivity contribution in [2.75, 3.05) is 13.7 Å². The lowest BCUT2D eigenvalue weighted by Gasteiger charge is -2.33. The molecule has 0 amide bonds. The third-order valence-corrected chi connectivity index (χ3v) is 4.05. The summed E-state index contributed by atoms with van der Waals surface area (Å²) in [5.74, 6) is 0.694. The van der Waals surface area contributed by atoms with Gasteiger partial charge in [-0.25, -0.2) is 0 Å². The summed E-state index contributed by atoms with van der Waals surface area (Å²) in [6.07, 6.45) is -3.78. The predicted octanol–water partition coefficient (Wildman–Crippen LogP) is 4.54. The molecule has 1 unspecified atom stereocenters. The van der Waals surface area contributed by atoms with Gasteiger partial charge in [-0.2, -0.15) is 0 Å². The van der Waals surface area contributed by atoms with Gasteiger partial charge in [0.05, 0.1) is 6.61 Å². The van der Waals surface area contributed by atoms with E-state index in [9.17, 15) is 13.2 Å². The zero-order valence-electron chi connectivity index (χ0n) is 13.2. The van der Waals surface area contributed by atoms with Crippen LogP contribution in [0.15, 0.2) is 48.5 Å². The Labute approximate surface area is 138 Å². The lowest BCUT2D eigenvalue weighted by atomic mass is 9.99. The number of alkyl halides is 3. The maximum absolute atomic E-state index is 12.2. The van der Waals surface area contributed by atoms with Crippen molar-refractivity contribution in [1.29, 1.82) is 0 Å². The van der Waals surface area contributed by atoms with Crippen LogP contribution < -0.4 is 9.47 Å². The maximum Gasteiger partial charge on any atom is 0.573 e. The summed E-state index contributed by atoms with van der Waals surface area (Å²) in [6.45, 7) is 1.29. The third kappa shape index (κ3) is 4.00. The van der Waals surface area contributed by atoms with E-state index in [-0.39, 0.29) is 11.8 Å². The van der Waals surface area contributed by atoms with Gasteiger partial charge in [0.2, 0.25) is 0 Å². The van der Waals surface area contributed by atoms with Gasteiger partial charge in [0.15, 0.2) is 0 Å². The van der Waals surface area contributed by atoms with E-state index in [1.165, 1.54) is 12.1 Å². The summed E-state index contributed by atoms with van der Waals surface area (Å²) in [4.78, 5) is 2.18. The Morgan fingerprint density at radius 1 is 1.12 bits per heavy atom. The van der Waals surface area contributed by atoms with Crippen LogP contribution in [-0.2, 0) is 6.54 Å². The zero-order valence-corrected chi connectivity index (χ0v) is 13.2. The van der Waals surface area contributed by atoms with Crippen molar-refractivity contribution in [2.24, 2.45) is 0 Å². The molecular weight excluding hydrogens is 319 g/mol. The van der Waals surface area contributed by atoms with Gasteiger partial charge in [-0.1, -0.05) is 30.3 Å². The Hall–Kier alpha value is -2.21. The molecule has 128 valence electrons. The van der Waals surface area contributed by atoms with Crippen LogP contribution in [0.3, 0.4) is 0 Å². The van der Waals surface area contributed by atoms with E-state index < -0.39 is 6.36 Å². The molecule has 0 radical (unpaired) electrons. The fourth-order valence-corrected chi connectivity index (χ4v) is 2.98. The quantitative estimate of drug-likeness (QED) is 0.817. The minimum Gasteiger partial charge on any atom is -0.493 e. The second-order valence-electron chi connectivity index (χ2n) is 5.80. The zero-order chi connectivity index (χ0) is 17.2. The highest BCUT2D eigenvalue weighted by atomic mass is 19.4. The molecule has 0 aromatic heterocycles. The van der Waals surface area contributed by atoms with Crippen LogP contribution in [-0.4, -0.2) is 24.9 Å². The SMILES string of the molecule is CN(Cc1ccc(OC(F)(F)F)cc1)C1CCOc2ccccc21. The molecule has 3 nitrogen and oxygen atoms in total. The first-order valence-corrected chi connectivity index (χ1v) is 7.69. The third-order valence-electron chi connectivity index (χ3n) is 4.05. The number of hydrogen-bond donors (Lipinski definition) is 0. The minimum atomic E-state index is -4.66.